The standard InChI is InChI=1S/C18H12F3NO3/c19-7-10-1-3-11(4-2-10)8-22-9-12(18(24)25)17(23)15-13(20)5-6-14(21)16(15)22/h1-6,9H,7-8H2,(H,24,25). The predicted octanol–water partition coefficient (Wildman–Crippen LogP) is 3.50. The fourth-order valence-corrected chi connectivity index (χ4v) is 2.66. The van der Waals surface area contributed by atoms with Crippen molar-refractivity contribution in [3.63, 3.8) is 0 Å². The Labute approximate surface area is 139 Å². The van der Waals surface area contributed by atoms with Crippen molar-refractivity contribution in [2.24, 2.45) is 0 Å². The quantitative estimate of drug-likeness (QED) is 0.786. The Balaban J connectivity index is 2.25. The van der Waals surface area contributed by atoms with E-state index < -0.39 is 40.7 Å². The molecule has 1 aromatic heterocycles. The van der Waals surface area contributed by atoms with Gasteiger partial charge in [0.2, 0.25) is 5.43 Å². The van der Waals surface area contributed by atoms with Gasteiger partial charge in [0, 0.05) is 12.7 Å². The highest BCUT2D eigenvalue weighted by Gasteiger charge is 2.20. The molecule has 1 heterocycles. The molecule has 0 aliphatic heterocycles. The minimum absolute atomic E-state index is 0.00992. The number of carboxylic acid groups (broad SMARTS) is 1. The summed E-state index contributed by atoms with van der Waals surface area (Å²) in [5.41, 5.74) is -0.982. The number of halogens is 3. The van der Waals surface area contributed by atoms with Gasteiger partial charge >= 0.3 is 5.97 Å². The van der Waals surface area contributed by atoms with E-state index >= 15 is 0 Å². The van der Waals surface area contributed by atoms with Crippen LogP contribution in [-0.4, -0.2) is 15.6 Å². The molecular formula is C18H12F3NO3. The molecule has 0 atom stereocenters. The van der Waals surface area contributed by atoms with E-state index in [2.05, 4.69) is 0 Å². The van der Waals surface area contributed by atoms with Crippen LogP contribution in [0.4, 0.5) is 13.2 Å². The molecular weight excluding hydrogens is 335 g/mol. The molecule has 0 saturated carbocycles. The van der Waals surface area contributed by atoms with Crippen molar-refractivity contribution in [2.75, 3.05) is 0 Å². The summed E-state index contributed by atoms with van der Waals surface area (Å²) in [6.45, 7) is -0.645. The molecule has 0 radical (unpaired) electrons. The SMILES string of the molecule is O=C(O)c1cn(Cc2ccc(CF)cc2)c2c(F)ccc(F)c2c1=O. The Bertz CT molecular complexity index is 1030. The summed E-state index contributed by atoms with van der Waals surface area (Å²) in [5.74, 6) is -3.37. The summed E-state index contributed by atoms with van der Waals surface area (Å²) in [6.07, 6.45) is 0.985. The maximum absolute atomic E-state index is 14.2. The van der Waals surface area contributed by atoms with Gasteiger partial charge in [-0.3, -0.25) is 4.79 Å². The van der Waals surface area contributed by atoms with E-state index in [0.717, 1.165) is 18.3 Å². The van der Waals surface area contributed by atoms with Crippen molar-refractivity contribution in [3.05, 3.63) is 81.1 Å². The van der Waals surface area contributed by atoms with Gasteiger partial charge in [-0.05, 0) is 23.3 Å². The number of aromatic carboxylic acids is 1. The van der Waals surface area contributed by atoms with Gasteiger partial charge in [-0.25, -0.2) is 18.0 Å². The van der Waals surface area contributed by atoms with E-state index in [4.69, 9.17) is 0 Å². The number of carbonyl (C=O) groups is 1. The van der Waals surface area contributed by atoms with Crippen LogP contribution in [-0.2, 0) is 13.2 Å². The Morgan fingerprint density at radius 1 is 1.00 bits per heavy atom. The molecule has 0 unspecified atom stereocenters. The molecule has 2 aromatic carbocycles. The molecule has 25 heavy (non-hydrogen) atoms. The first-order valence-corrected chi connectivity index (χ1v) is 7.30. The molecule has 3 rings (SSSR count). The fraction of sp³-hybridized carbons (Fsp3) is 0.111. The molecule has 0 bridgehead atoms. The summed E-state index contributed by atoms with van der Waals surface area (Å²) in [6, 6.07) is 7.92. The number of aromatic nitrogens is 1. The Kier molecular flexibility index (Phi) is 4.31. The fourth-order valence-electron chi connectivity index (χ4n) is 2.66. The van der Waals surface area contributed by atoms with Crippen LogP contribution in [0.2, 0.25) is 0 Å². The second kappa shape index (κ2) is 6.43. The highest BCUT2D eigenvalue weighted by atomic mass is 19.1. The highest BCUT2D eigenvalue weighted by Crippen LogP contribution is 2.21. The van der Waals surface area contributed by atoms with Crippen LogP contribution in [0, 0.1) is 11.6 Å². The van der Waals surface area contributed by atoms with Crippen LogP contribution in [0.25, 0.3) is 10.9 Å². The molecule has 3 aromatic rings. The minimum atomic E-state index is -1.53. The van der Waals surface area contributed by atoms with Crippen LogP contribution in [0.1, 0.15) is 21.5 Å². The minimum Gasteiger partial charge on any atom is -0.477 e. The zero-order valence-electron chi connectivity index (χ0n) is 12.8. The van der Waals surface area contributed by atoms with Crippen LogP contribution >= 0.6 is 0 Å². The van der Waals surface area contributed by atoms with Gasteiger partial charge in [-0.15, -0.1) is 0 Å². The first kappa shape index (κ1) is 16.8. The average molecular weight is 347 g/mol. The van der Waals surface area contributed by atoms with Crippen molar-refractivity contribution >= 4 is 16.9 Å². The largest absolute Gasteiger partial charge is 0.477 e. The molecule has 0 fully saturated rings. The summed E-state index contributed by atoms with van der Waals surface area (Å²) in [5, 5.41) is 8.56. The third-order valence-electron chi connectivity index (χ3n) is 3.88. The van der Waals surface area contributed by atoms with Crippen LogP contribution < -0.4 is 5.43 Å². The number of fused-ring (bicyclic) bond motifs is 1. The lowest BCUT2D eigenvalue weighted by Crippen LogP contribution is -2.21. The summed E-state index contributed by atoms with van der Waals surface area (Å²) >= 11 is 0. The first-order chi connectivity index (χ1) is 11.9. The number of carboxylic acids is 1. The number of rotatable bonds is 4. The van der Waals surface area contributed by atoms with Crippen molar-refractivity contribution in [2.45, 2.75) is 13.2 Å². The van der Waals surface area contributed by atoms with E-state index in [9.17, 15) is 27.9 Å². The molecule has 7 heteroatoms. The molecule has 0 spiro atoms. The summed E-state index contributed by atoms with van der Waals surface area (Å²) in [4.78, 5) is 23.5. The van der Waals surface area contributed by atoms with Crippen molar-refractivity contribution in [1.82, 2.24) is 4.57 Å². The van der Waals surface area contributed by atoms with Gasteiger partial charge in [-0.1, -0.05) is 24.3 Å². The Morgan fingerprint density at radius 3 is 2.20 bits per heavy atom. The second-order valence-electron chi connectivity index (χ2n) is 5.51. The third-order valence-corrected chi connectivity index (χ3v) is 3.88. The van der Waals surface area contributed by atoms with Crippen LogP contribution in [0.15, 0.2) is 47.4 Å². The van der Waals surface area contributed by atoms with Gasteiger partial charge in [-0.2, -0.15) is 0 Å². The predicted molar refractivity (Wildman–Crippen MR) is 85.4 cm³/mol. The van der Waals surface area contributed by atoms with Crippen LogP contribution in [0.5, 0.6) is 0 Å². The molecule has 0 aliphatic carbocycles. The number of pyridine rings is 1. The van der Waals surface area contributed by atoms with Crippen molar-refractivity contribution in [3.8, 4) is 0 Å². The molecule has 4 nitrogen and oxygen atoms in total. The highest BCUT2D eigenvalue weighted by molar-refractivity contribution is 5.92. The van der Waals surface area contributed by atoms with Crippen LogP contribution in [0.3, 0.4) is 0 Å². The topological polar surface area (TPSA) is 59.3 Å². The average Bonchev–Trinajstić information content (AvgIpc) is 2.60. The number of benzene rings is 2. The number of hydrogen-bond acceptors (Lipinski definition) is 2. The normalized spacial score (nSPS) is 11.0. The maximum atomic E-state index is 14.2. The Morgan fingerprint density at radius 2 is 1.60 bits per heavy atom. The molecule has 0 saturated heterocycles. The van der Waals surface area contributed by atoms with Gasteiger partial charge in [0.1, 0.15) is 23.9 Å². The molecule has 0 aliphatic rings. The number of hydrogen-bond donors (Lipinski definition) is 1. The monoisotopic (exact) mass is 347 g/mol. The van der Waals surface area contributed by atoms with E-state index in [1.54, 1.807) is 12.1 Å². The number of alkyl halides is 1. The lowest BCUT2D eigenvalue weighted by molar-refractivity contribution is 0.0695. The number of nitrogens with zero attached hydrogens (tertiary/aromatic N) is 1. The maximum Gasteiger partial charge on any atom is 0.341 e. The second-order valence-corrected chi connectivity index (χ2v) is 5.51. The lowest BCUT2D eigenvalue weighted by Gasteiger charge is -2.14. The Hall–Kier alpha value is -3.09. The zero-order valence-corrected chi connectivity index (χ0v) is 12.8. The summed E-state index contributed by atoms with van der Waals surface area (Å²) in [7, 11) is 0. The zero-order chi connectivity index (χ0) is 18.1. The summed E-state index contributed by atoms with van der Waals surface area (Å²) < 4.78 is 42.1. The van der Waals surface area contributed by atoms with Gasteiger partial charge < -0.3 is 9.67 Å². The molecule has 1 N–H and O–H groups in total. The van der Waals surface area contributed by atoms with Gasteiger partial charge in [0.05, 0.1) is 10.9 Å². The molecule has 0 amide bonds. The van der Waals surface area contributed by atoms with Crippen molar-refractivity contribution in [1.29, 1.82) is 0 Å². The smallest absolute Gasteiger partial charge is 0.341 e. The molecule has 128 valence electrons. The third kappa shape index (κ3) is 3.00. The van der Waals surface area contributed by atoms with Gasteiger partial charge in [0.25, 0.3) is 0 Å². The van der Waals surface area contributed by atoms with E-state index in [0.29, 0.717) is 11.1 Å². The van der Waals surface area contributed by atoms with E-state index in [1.807, 2.05) is 0 Å². The van der Waals surface area contributed by atoms with Crippen molar-refractivity contribution < 1.29 is 23.1 Å². The van der Waals surface area contributed by atoms with E-state index in [-0.39, 0.29) is 12.1 Å². The van der Waals surface area contributed by atoms with Gasteiger partial charge in [0.15, 0.2) is 0 Å². The first-order valence-electron chi connectivity index (χ1n) is 7.30. The van der Waals surface area contributed by atoms with E-state index in [1.165, 1.54) is 16.7 Å². The lowest BCUT2D eigenvalue weighted by atomic mass is 10.1.